The molecule has 0 aromatic heterocycles. The summed E-state index contributed by atoms with van der Waals surface area (Å²) in [5.41, 5.74) is 2.12. The third-order valence-electron chi connectivity index (χ3n) is 3.98. The first-order valence-electron chi connectivity index (χ1n) is 7.15. The summed E-state index contributed by atoms with van der Waals surface area (Å²) in [5, 5.41) is 5.60. The van der Waals surface area contributed by atoms with Gasteiger partial charge in [0.1, 0.15) is 5.41 Å². The minimum atomic E-state index is -0.896. The van der Waals surface area contributed by atoms with Crippen molar-refractivity contribution in [3.63, 3.8) is 0 Å². The first-order chi connectivity index (χ1) is 9.99. The second kappa shape index (κ2) is 6.26. The van der Waals surface area contributed by atoms with Crippen molar-refractivity contribution in [1.29, 1.82) is 0 Å². The Morgan fingerprint density at radius 1 is 1.19 bits per heavy atom. The molecule has 1 fully saturated rings. The fraction of sp³-hybridized carbons (Fsp3) is 0.500. The Hall–Kier alpha value is -1.88. The molecule has 2 amide bonds. The standard InChI is InChI=1S/C16H22N2O3/c1-11-4-5-13(10-12(11)2)18-15(20)16(6-7-16)14(19)17-8-9-21-3/h4-5,10H,6-9H2,1-3H3,(H,17,19)(H,18,20). The van der Waals surface area contributed by atoms with E-state index in [1.54, 1.807) is 7.11 Å². The average molecular weight is 290 g/mol. The van der Waals surface area contributed by atoms with Gasteiger partial charge < -0.3 is 15.4 Å². The molecule has 0 aliphatic heterocycles. The predicted octanol–water partition coefficient (Wildman–Crippen LogP) is 1.78. The molecule has 0 unspecified atom stereocenters. The van der Waals surface area contributed by atoms with Gasteiger partial charge in [0, 0.05) is 19.3 Å². The van der Waals surface area contributed by atoms with Crippen LogP contribution in [0.25, 0.3) is 0 Å². The van der Waals surface area contributed by atoms with E-state index >= 15 is 0 Å². The van der Waals surface area contributed by atoms with E-state index < -0.39 is 5.41 Å². The summed E-state index contributed by atoms with van der Waals surface area (Å²) in [6, 6.07) is 5.74. The van der Waals surface area contributed by atoms with Crippen LogP contribution >= 0.6 is 0 Å². The van der Waals surface area contributed by atoms with E-state index in [2.05, 4.69) is 10.6 Å². The second-order valence-electron chi connectivity index (χ2n) is 5.58. The number of benzene rings is 1. The molecule has 1 aliphatic rings. The lowest BCUT2D eigenvalue weighted by Crippen LogP contribution is -2.41. The van der Waals surface area contributed by atoms with Crippen molar-refractivity contribution in [3.05, 3.63) is 29.3 Å². The van der Waals surface area contributed by atoms with E-state index in [-0.39, 0.29) is 11.8 Å². The molecule has 1 aromatic rings. The van der Waals surface area contributed by atoms with Gasteiger partial charge in [-0.25, -0.2) is 0 Å². The predicted molar refractivity (Wildman–Crippen MR) is 81.1 cm³/mol. The zero-order chi connectivity index (χ0) is 15.5. The van der Waals surface area contributed by atoms with E-state index in [1.165, 1.54) is 5.56 Å². The van der Waals surface area contributed by atoms with Crippen LogP contribution in [0, 0.1) is 19.3 Å². The lowest BCUT2D eigenvalue weighted by Gasteiger charge is -2.16. The molecule has 2 rings (SSSR count). The number of methoxy groups -OCH3 is 1. The number of amides is 2. The van der Waals surface area contributed by atoms with Crippen LogP contribution in [0.3, 0.4) is 0 Å². The van der Waals surface area contributed by atoms with Crippen molar-refractivity contribution in [3.8, 4) is 0 Å². The zero-order valence-corrected chi connectivity index (χ0v) is 12.8. The number of hydrogen-bond donors (Lipinski definition) is 2. The van der Waals surface area contributed by atoms with E-state index in [0.29, 0.717) is 26.0 Å². The van der Waals surface area contributed by atoms with Crippen LogP contribution in [0.5, 0.6) is 0 Å². The van der Waals surface area contributed by atoms with Gasteiger partial charge in [0.05, 0.1) is 6.61 Å². The van der Waals surface area contributed by atoms with Gasteiger partial charge in [-0.1, -0.05) is 6.07 Å². The van der Waals surface area contributed by atoms with Crippen molar-refractivity contribution < 1.29 is 14.3 Å². The zero-order valence-electron chi connectivity index (χ0n) is 12.8. The van der Waals surface area contributed by atoms with Crippen LogP contribution in [0.15, 0.2) is 18.2 Å². The summed E-state index contributed by atoms with van der Waals surface area (Å²) in [7, 11) is 1.57. The quantitative estimate of drug-likeness (QED) is 0.620. The van der Waals surface area contributed by atoms with Crippen LogP contribution in [-0.4, -0.2) is 32.1 Å². The molecule has 114 valence electrons. The molecule has 0 atom stereocenters. The van der Waals surface area contributed by atoms with Gasteiger partial charge in [0.2, 0.25) is 11.8 Å². The molecule has 5 heteroatoms. The van der Waals surface area contributed by atoms with Gasteiger partial charge in [0.25, 0.3) is 0 Å². The lowest BCUT2D eigenvalue weighted by atomic mass is 10.0. The summed E-state index contributed by atoms with van der Waals surface area (Å²) in [6.07, 6.45) is 1.20. The SMILES string of the molecule is COCCNC(=O)C1(C(=O)Nc2ccc(C)c(C)c2)CC1. The third kappa shape index (κ3) is 3.42. The van der Waals surface area contributed by atoms with Crippen molar-refractivity contribution in [2.24, 2.45) is 5.41 Å². The molecule has 1 saturated carbocycles. The monoisotopic (exact) mass is 290 g/mol. The van der Waals surface area contributed by atoms with Gasteiger partial charge >= 0.3 is 0 Å². The second-order valence-corrected chi connectivity index (χ2v) is 5.58. The minimum absolute atomic E-state index is 0.208. The summed E-state index contributed by atoms with van der Waals surface area (Å²) < 4.78 is 4.89. The van der Waals surface area contributed by atoms with Crippen LogP contribution in [-0.2, 0) is 14.3 Å². The summed E-state index contributed by atoms with van der Waals surface area (Å²) in [6.45, 7) is 4.89. The molecular weight excluding hydrogens is 268 g/mol. The van der Waals surface area contributed by atoms with Crippen molar-refractivity contribution in [1.82, 2.24) is 5.32 Å². The number of nitrogens with one attached hydrogen (secondary N) is 2. The van der Waals surface area contributed by atoms with E-state index in [0.717, 1.165) is 11.3 Å². The fourth-order valence-corrected chi connectivity index (χ4v) is 2.19. The Balaban J connectivity index is 1.99. The summed E-state index contributed by atoms with van der Waals surface area (Å²) >= 11 is 0. The van der Waals surface area contributed by atoms with Gasteiger partial charge in [0.15, 0.2) is 0 Å². The minimum Gasteiger partial charge on any atom is -0.383 e. The molecule has 0 heterocycles. The fourth-order valence-electron chi connectivity index (χ4n) is 2.19. The van der Waals surface area contributed by atoms with Crippen LogP contribution < -0.4 is 10.6 Å². The molecule has 2 N–H and O–H groups in total. The Kier molecular flexibility index (Phi) is 4.63. The number of carbonyl (C=O) groups excluding carboxylic acids is 2. The topological polar surface area (TPSA) is 67.4 Å². The van der Waals surface area contributed by atoms with Gasteiger partial charge in [-0.05, 0) is 49.9 Å². The molecule has 21 heavy (non-hydrogen) atoms. The first-order valence-corrected chi connectivity index (χ1v) is 7.15. The molecule has 0 saturated heterocycles. The van der Waals surface area contributed by atoms with Crippen LogP contribution in [0.2, 0.25) is 0 Å². The van der Waals surface area contributed by atoms with Crippen molar-refractivity contribution in [2.75, 3.05) is 25.6 Å². The lowest BCUT2D eigenvalue weighted by molar-refractivity contribution is -0.134. The van der Waals surface area contributed by atoms with Crippen molar-refractivity contribution >= 4 is 17.5 Å². The highest BCUT2D eigenvalue weighted by Gasteiger charge is 2.56. The largest absolute Gasteiger partial charge is 0.383 e. The first kappa shape index (κ1) is 15.5. The van der Waals surface area contributed by atoms with Crippen molar-refractivity contribution in [2.45, 2.75) is 26.7 Å². The maximum atomic E-state index is 12.4. The van der Waals surface area contributed by atoms with Gasteiger partial charge in [-0.15, -0.1) is 0 Å². The number of carbonyl (C=O) groups is 2. The van der Waals surface area contributed by atoms with Crippen LogP contribution in [0.1, 0.15) is 24.0 Å². The summed E-state index contributed by atoms with van der Waals surface area (Å²) in [5.74, 6) is -0.429. The average Bonchev–Trinajstić information content (AvgIpc) is 3.25. The molecule has 5 nitrogen and oxygen atoms in total. The Bertz CT molecular complexity index is 550. The third-order valence-corrected chi connectivity index (χ3v) is 3.98. The van der Waals surface area contributed by atoms with E-state index in [9.17, 15) is 9.59 Å². The number of rotatable bonds is 6. The van der Waals surface area contributed by atoms with Crippen LogP contribution in [0.4, 0.5) is 5.69 Å². The summed E-state index contributed by atoms with van der Waals surface area (Å²) in [4.78, 5) is 24.5. The molecule has 0 bridgehead atoms. The molecule has 1 aliphatic carbocycles. The highest BCUT2D eigenvalue weighted by Crippen LogP contribution is 2.46. The Labute approximate surface area is 125 Å². The van der Waals surface area contributed by atoms with E-state index in [1.807, 2.05) is 32.0 Å². The maximum absolute atomic E-state index is 12.4. The molecular formula is C16H22N2O3. The maximum Gasteiger partial charge on any atom is 0.240 e. The van der Waals surface area contributed by atoms with Gasteiger partial charge in [-0.3, -0.25) is 9.59 Å². The number of hydrogen-bond acceptors (Lipinski definition) is 3. The molecule has 1 aromatic carbocycles. The normalized spacial score (nSPS) is 15.4. The number of aryl methyl sites for hydroxylation is 2. The van der Waals surface area contributed by atoms with E-state index in [4.69, 9.17) is 4.74 Å². The van der Waals surface area contributed by atoms with Gasteiger partial charge in [-0.2, -0.15) is 0 Å². The molecule has 0 spiro atoms. The Morgan fingerprint density at radius 2 is 1.90 bits per heavy atom. The Morgan fingerprint density at radius 3 is 2.48 bits per heavy atom. The highest BCUT2D eigenvalue weighted by molar-refractivity contribution is 6.13. The number of anilines is 1. The smallest absolute Gasteiger partial charge is 0.240 e. The molecule has 0 radical (unpaired) electrons. The number of ether oxygens (including phenoxy) is 1. The highest BCUT2D eigenvalue weighted by atomic mass is 16.5.